The molecule has 0 fully saturated rings. The van der Waals surface area contributed by atoms with Crippen molar-refractivity contribution in [2.45, 2.75) is 19.9 Å². The highest BCUT2D eigenvalue weighted by Crippen LogP contribution is 2.26. The van der Waals surface area contributed by atoms with Crippen LogP contribution in [0, 0.1) is 0 Å². The van der Waals surface area contributed by atoms with E-state index in [1.165, 1.54) is 0 Å². The first-order valence-corrected chi connectivity index (χ1v) is 7.14. The van der Waals surface area contributed by atoms with Crippen LogP contribution in [-0.2, 0) is 6.54 Å². The number of hydrogen-bond acceptors (Lipinski definition) is 5. The molecule has 2 heterocycles. The summed E-state index contributed by atoms with van der Waals surface area (Å²) in [5.41, 5.74) is 0.670. The van der Waals surface area contributed by atoms with Gasteiger partial charge in [-0.25, -0.2) is 0 Å². The molecule has 0 saturated heterocycles. The molecule has 0 unspecified atom stereocenters. The van der Waals surface area contributed by atoms with Gasteiger partial charge >= 0.3 is 0 Å². The van der Waals surface area contributed by atoms with Gasteiger partial charge in [0.1, 0.15) is 5.69 Å². The van der Waals surface area contributed by atoms with Crippen LogP contribution in [0.1, 0.15) is 19.2 Å². The van der Waals surface area contributed by atoms with Crippen molar-refractivity contribution in [2.24, 2.45) is 0 Å². The van der Waals surface area contributed by atoms with Gasteiger partial charge in [0.15, 0.2) is 0 Å². The van der Waals surface area contributed by atoms with Crippen LogP contribution in [0.15, 0.2) is 25.7 Å². The molecule has 1 N–H and O–H groups in total. The van der Waals surface area contributed by atoms with Crippen LogP contribution in [0.25, 0.3) is 11.5 Å². The van der Waals surface area contributed by atoms with Crippen molar-refractivity contribution < 1.29 is 4.52 Å². The molecule has 0 aliphatic rings. The normalized spacial score (nSPS) is 10.8. The minimum Gasteiger partial charge on any atom is -0.337 e. The van der Waals surface area contributed by atoms with Gasteiger partial charge in [-0.15, -0.1) is 0 Å². The quantitative estimate of drug-likeness (QED) is 0.813. The maximum atomic E-state index is 5.15. The van der Waals surface area contributed by atoms with Crippen molar-refractivity contribution in [3.63, 3.8) is 0 Å². The third-order valence-electron chi connectivity index (χ3n) is 2.19. The van der Waals surface area contributed by atoms with Crippen LogP contribution in [0.2, 0.25) is 0 Å². The minimum atomic E-state index is 0.489. The highest BCUT2D eigenvalue weighted by atomic mass is 79.9. The minimum absolute atomic E-state index is 0.489. The number of rotatable bonds is 5. The zero-order valence-corrected chi connectivity index (χ0v) is 13.0. The summed E-state index contributed by atoms with van der Waals surface area (Å²) in [5, 5.41) is 7.13. The molecule has 0 saturated carbocycles. The summed E-state index contributed by atoms with van der Waals surface area (Å²) < 4.78 is 6.87. The Morgan fingerprint density at radius 1 is 1.39 bits per heavy atom. The van der Waals surface area contributed by atoms with Gasteiger partial charge in [0.2, 0.25) is 11.7 Å². The van der Waals surface area contributed by atoms with Gasteiger partial charge in [0, 0.05) is 15.1 Å². The Morgan fingerprint density at radius 2 is 2.22 bits per heavy atom. The molecule has 0 spiro atoms. The van der Waals surface area contributed by atoms with Crippen molar-refractivity contribution >= 4 is 31.9 Å². The summed E-state index contributed by atoms with van der Waals surface area (Å²) in [6.45, 7) is 3.61. The Kier molecular flexibility index (Phi) is 4.85. The summed E-state index contributed by atoms with van der Waals surface area (Å²) in [6.07, 6.45) is 2.77. The Balaban J connectivity index is 2.13. The van der Waals surface area contributed by atoms with E-state index in [0.29, 0.717) is 24.0 Å². The standard InChI is InChI=1S/C11H12Br2N4O/c1-2-3-14-6-9-16-11(17-18-9)10-8(13)4-7(12)5-15-10/h4-5,14H,2-3,6H2,1H3. The number of aromatic nitrogens is 3. The molecular formula is C11H12Br2N4O. The maximum Gasteiger partial charge on any atom is 0.240 e. The van der Waals surface area contributed by atoms with Crippen molar-refractivity contribution in [3.8, 4) is 11.5 Å². The fourth-order valence-corrected chi connectivity index (χ4v) is 2.54. The second-order valence-electron chi connectivity index (χ2n) is 3.67. The lowest BCUT2D eigenvalue weighted by atomic mass is 10.3. The molecule has 0 aliphatic carbocycles. The van der Waals surface area contributed by atoms with E-state index in [1.807, 2.05) is 6.07 Å². The van der Waals surface area contributed by atoms with Gasteiger partial charge in [-0.2, -0.15) is 4.98 Å². The topological polar surface area (TPSA) is 63.8 Å². The Hall–Kier alpha value is -0.790. The van der Waals surface area contributed by atoms with Crippen LogP contribution in [0.5, 0.6) is 0 Å². The first kappa shape index (κ1) is 13.6. The van der Waals surface area contributed by atoms with E-state index >= 15 is 0 Å². The van der Waals surface area contributed by atoms with Gasteiger partial charge in [-0.3, -0.25) is 4.98 Å². The van der Waals surface area contributed by atoms with E-state index in [0.717, 1.165) is 21.9 Å². The van der Waals surface area contributed by atoms with Gasteiger partial charge in [0.05, 0.1) is 6.54 Å². The Morgan fingerprint density at radius 3 is 2.94 bits per heavy atom. The summed E-state index contributed by atoms with van der Waals surface area (Å²) in [6, 6.07) is 1.90. The first-order valence-electron chi connectivity index (χ1n) is 5.55. The number of halogens is 2. The van der Waals surface area contributed by atoms with Gasteiger partial charge in [-0.1, -0.05) is 12.1 Å². The lowest BCUT2D eigenvalue weighted by Crippen LogP contribution is -2.13. The van der Waals surface area contributed by atoms with Gasteiger partial charge in [-0.05, 0) is 50.9 Å². The third-order valence-corrected chi connectivity index (χ3v) is 3.23. The number of hydrogen-bond donors (Lipinski definition) is 1. The lowest BCUT2D eigenvalue weighted by Gasteiger charge is -1.98. The fraction of sp³-hybridized carbons (Fsp3) is 0.364. The molecule has 2 aromatic rings. The summed E-state index contributed by atoms with van der Waals surface area (Å²) in [7, 11) is 0. The van der Waals surface area contributed by atoms with Crippen molar-refractivity contribution in [1.29, 1.82) is 0 Å². The lowest BCUT2D eigenvalue weighted by molar-refractivity contribution is 0.368. The Bertz CT molecular complexity index is 530. The molecule has 18 heavy (non-hydrogen) atoms. The molecule has 0 radical (unpaired) electrons. The molecule has 2 aromatic heterocycles. The maximum absolute atomic E-state index is 5.15. The molecule has 0 atom stereocenters. The van der Waals surface area contributed by atoms with Crippen molar-refractivity contribution in [1.82, 2.24) is 20.4 Å². The van der Waals surface area contributed by atoms with Crippen molar-refractivity contribution in [3.05, 3.63) is 27.1 Å². The second kappa shape index (κ2) is 6.40. The van der Waals surface area contributed by atoms with E-state index in [1.54, 1.807) is 6.20 Å². The third kappa shape index (κ3) is 3.37. The van der Waals surface area contributed by atoms with E-state index in [9.17, 15) is 0 Å². The molecule has 0 aromatic carbocycles. The van der Waals surface area contributed by atoms with Crippen molar-refractivity contribution in [2.75, 3.05) is 6.54 Å². The molecule has 0 amide bonds. The molecule has 7 heteroatoms. The van der Waals surface area contributed by atoms with Gasteiger partial charge in [0.25, 0.3) is 0 Å². The molecule has 5 nitrogen and oxygen atoms in total. The molecular weight excluding hydrogens is 364 g/mol. The van der Waals surface area contributed by atoms with E-state index < -0.39 is 0 Å². The van der Waals surface area contributed by atoms with E-state index in [4.69, 9.17) is 4.52 Å². The average Bonchev–Trinajstić information content (AvgIpc) is 2.78. The molecule has 96 valence electrons. The van der Waals surface area contributed by atoms with Crippen LogP contribution < -0.4 is 5.32 Å². The van der Waals surface area contributed by atoms with Crippen LogP contribution in [-0.4, -0.2) is 21.7 Å². The predicted molar refractivity (Wildman–Crippen MR) is 74.9 cm³/mol. The average molecular weight is 376 g/mol. The summed E-state index contributed by atoms with van der Waals surface area (Å²) in [4.78, 5) is 8.55. The molecule has 2 rings (SSSR count). The van der Waals surface area contributed by atoms with Crippen LogP contribution in [0.3, 0.4) is 0 Å². The van der Waals surface area contributed by atoms with E-state index in [2.05, 4.69) is 59.2 Å². The Labute approximate surface area is 122 Å². The monoisotopic (exact) mass is 374 g/mol. The zero-order chi connectivity index (χ0) is 13.0. The highest BCUT2D eigenvalue weighted by molar-refractivity contribution is 9.11. The molecule has 0 bridgehead atoms. The highest BCUT2D eigenvalue weighted by Gasteiger charge is 2.12. The molecule has 0 aliphatic heterocycles. The fourth-order valence-electron chi connectivity index (χ4n) is 1.37. The number of nitrogens with zero attached hydrogens (tertiary/aromatic N) is 3. The second-order valence-corrected chi connectivity index (χ2v) is 5.44. The number of nitrogens with one attached hydrogen (secondary N) is 1. The predicted octanol–water partition coefficient (Wildman–Crippen LogP) is 3.16. The smallest absolute Gasteiger partial charge is 0.240 e. The summed E-state index contributed by atoms with van der Waals surface area (Å²) >= 11 is 6.78. The largest absolute Gasteiger partial charge is 0.337 e. The van der Waals surface area contributed by atoms with E-state index in [-0.39, 0.29) is 0 Å². The first-order chi connectivity index (χ1) is 8.70. The SMILES string of the molecule is CCCNCc1nc(-c2ncc(Br)cc2Br)no1. The summed E-state index contributed by atoms with van der Waals surface area (Å²) in [5.74, 6) is 1.05. The zero-order valence-electron chi connectivity index (χ0n) is 9.78. The van der Waals surface area contributed by atoms with Crippen LogP contribution in [0.4, 0.5) is 0 Å². The van der Waals surface area contributed by atoms with Gasteiger partial charge < -0.3 is 9.84 Å². The number of pyridine rings is 1. The van der Waals surface area contributed by atoms with Crippen LogP contribution >= 0.6 is 31.9 Å².